The van der Waals surface area contributed by atoms with E-state index in [1.54, 1.807) is 0 Å². The summed E-state index contributed by atoms with van der Waals surface area (Å²) in [6.45, 7) is 4.08. The fourth-order valence-electron chi connectivity index (χ4n) is 2.31. The lowest BCUT2D eigenvalue weighted by molar-refractivity contribution is -0.132. The molecule has 1 amide bonds. The second-order valence-corrected chi connectivity index (χ2v) is 4.67. The van der Waals surface area contributed by atoms with Gasteiger partial charge in [0, 0.05) is 32.3 Å². The van der Waals surface area contributed by atoms with E-state index in [2.05, 4.69) is 5.10 Å². The van der Waals surface area contributed by atoms with Gasteiger partial charge in [0.25, 0.3) is 0 Å². The molecule has 1 aliphatic heterocycles. The average Bonchev–Trinajstić information content (AvgIpc) is 2.76. The minimum Gasteiger partial charge on any atom is -0.341 e. The standard InChI is InChI=1S/C12H20N4O/c1-10-7-14-16(8-10)11-3-2-6-15(9-11)12(17)4-5-13/h7-8,11H,2-6,9,13H2,1H3. The number of piperidine rings is 1. The first-order valence-electron chi connectivity index (χ1n) is 6.19. The molecule has 5 nitrogen and oxygen atoms in total. The lowest BCUT2D eigenvalue weighted by atomic mass is 10.1. The molecule has 0 aromatic carbocycles. The highest BCUT2D eigenvalue weighted by Crippen LogP contribution is 2.21. The average molecular weight is 236 g/mol. The first-order chi connectivity index (χ1) is 8.20. The Bertz CT molecular complexity index is 388. The van der Waals surface area contributed by atoms with Crippen LogP contribution in [0.1, 0.15) is 30.9 Å². The molecule has 17 heavy (non-hydrogen) atoms. The monoisotopic (exact) mass is 236 g/mol. The van der Waals surface area contributed by atoms with Crippen LogP contribution < -0.4 is 5.73 Å². The van der Waals surface area contributed by atoms with Gasteiger partial charge >= 0.3 is 0 Å². The summed E-state index contributed by atoms with van der Waals surface area (Å²) in [5.74, 6) is 0.168. The summed E-state index contributed by atoms with van der Waals surface area (Å²) in [5, 5.41) is 4.33. The molecule has 2 rings (SSSR count). The Balaban J connectivity index is 1.99. The minimum atomic E-state index is 0.168. The molecule has 1 fully saturated rings. The zero-order chi connectivity index (χ0) is 12.3. The molecule has 2 N–H and O–H groups in total. The molecule has 1 aromatic rings. The Morgan fingerprint density at radius 3 is 3.12 bits per heavy atom. The molecule has 5 heteroatoms. The molecule has 2 heterocycles. The number of amides is 1. The number of hydrogen-bond donors (Lipinski definition) is 1. The fourth-order valence-corrected chi connectivity index (χ4v) is 2.31. The molecule has 1 saturated heterocycles. The van der Waals surface area contributed by atoms with Gasteiger partial charge in [-0.2, -0.15) is 5.10 Å². The van der Waals surface area contributed by atoms with Gasteiger partial charge in [-0.25, -0.2) is 0 Å². The Labute approximate surface area is 102 Å². The van der Waals surface area contributed by atoms with E-state index < -0.39 is 0 Å². The van der Waals surface area contributed by atoms with Crippen molar-refractivity contribution < 1.29 is 4.79 Å². The fraction of sp³-hybridized carbons (Fsp3) is 0.667. The van der Waals surface area contributed by atoms with Crippen LogP contribution in [0.25, 0.3) is 0 Å². The topological polar surface area (TPSA) is 64.2 Å². The van der Waals surface area contributed by atoms with Gasteiger partial charge < -0.3 is 10.6 Å². The van der Waals surface area contributed by atoms with Crippen molar-refractivity contribution in [2.75, 3.05) is 19.6 Å². The van der Waals surface area contributed by atoms with Gasteiger partial charge in [0.1, 0.15) is 0 Å². The Hall–Kier alpha value is -1.36. The summed E-state index contributed by atoms with van der Waals surface area (Å²) in [4.78, 5) is 13.7. The highest BCUT2D eigenvalue weighted by atomic mass is 16.2. The van der Waals surface area contributed by atoms with Crippen molar-refractivity contribution in [3.8, 4) is 0 Å². The molecule has 0 aliphatic carbocycles. The van der Waals surface area contributed by atoms with Crippen molar-refractivity contribution in [3.05, 3.63) is 18.0 Å². The summed E-state index contributed by atoms with van der Waals surface area (Å²) >= 11 is 0. The van der Waals surface area contributed by atoms with Gasteiger partial charge in [-0.15, -0.1) is 0 Å². The predicted molar refractivity (Wildman–Crippen MR) is 65.5 cm³/mol. The number of aryl methyl sites for hydroxylation is 1. The summed E-state index contributed by atoms with van der Waals surface area (Å²) < 4.78 is 1.98. The number of likely N-dealkylation sites (tertiary alicyclic amines) is 1. The maximum absolute atomic E-state index is 11.8. The highest BCUT2D eigenvalue weighted by molar-refractivity contribution is 5.76. The molecule has 0 saturated carbocycles. The quantitative estimate of drug-likeness (QED) is 0.840. The number of nitrogens with two attached hydrogens (primary N) is 1. The molecule has 1 unspecified atom stereocenters. The lowest BCUT2D eigenvalue weighted by Crippen LogP contribution is -2.41. The summed E-state index contributed by atoms with van der Waals surface area (Å²) in [6.07, 6.45) is 6.49. The van der Waals surface area contributed by atoms with Crippen LogP contribution in [0.2, 0.25) is 0 Å². The normalized spacial score (nSPS) is 20.6. The zero-order valence-corrected chi connectivity index (χ0v) is 10.3. The number of carbonyl (C=O) groups excluding carboxylic acids is 1. The number of aromatic nitrogens is 2. The summed E-state index contributed by atoms with van der Waals surface area (Å²) in [7, 11) is 0. The summed E-state index contributed by atoms with van der Waals surface area (Å²) in [5.41, 5.74) is 6.58. The number of carbonyl (C=O) groups is 1. The second-order valence-electron chi connectivity index (χ2n) is 4.67. The Kier molecular flexibility index (Phi) is 3.78. The van der Waals surface area contributed by atoms with Crippen LogP contribution in [-0.4, -0.2) is 40.2 Å². The van der Waals surface area contributed by atoms with E-state index in [0.717, 1.165) is 31.5 Å². The third-order valence-corrected chi connectivity index (χ3v) is 3.21. The van der Waals surface area contributed by atoms with Gasteiger partial charge in [-0.3, -0.25) is 9.48 Å². The second kappa shape index (κ2) is 5.31. The number of rotatable bonds is 3. The Morgan fingerprint density at radius 1 is 1.65 bits per heavy atom. The van der Waals surface area contributed by atoms with E-state index in [1.165, 1.54) is 0 Å². The number of hydrogen-bond acceptors (Lipinski definition) is 3. The van der Waals surface area contributed by atoms with E-state index in [9.17, 15) is 4.79 Å². The van der Waals surface area contributed by atoms with Gasteiger partial charge in [0.2, 0.25) is 5.91 Å². The third-order valence-electron chi connectivity index (χ3n) is 3.21. The van der Waals surface area contributed by atoms with Gasteiger partial charge in [0.05, 0.1) is 12.2 Å². The first-order valence-corrected chi connectivity index (χ1v) is 6.19. The Morgan fingerprint density at radius 2 is 2.47 bits per heavy atom. The van der Waals surface area contributed by atoms with Crippen LogP contribution >= 0.6 is 0 Å². The lowest BCUT2D eigenvalue weighted by Gasteiger charge is -2.32. The number of nitrogens with zero attached hydrogens (tertiary/aromatic N) is 3. The largest absolute Gasteiger partial charge is 0.341 e. The maximum Gasteiger partial charge on any atom is 0.223 e. The van der Waals surface area contributed by atoms with Crippen LogP contribution in [0.5, 0.6) is 0 Å². The molecule has 0 radical (unpaired) electrons. The highest BCUT2D eigenvalue weighted by Gasteiger charge is 2.24. The van der Waals surface area contributed by atoms with Crippen LogP contribution in [0, 0.1) is 6.92 Å². The van der Waals surface area contributed by atoms with Crippen molar-refractivity contribution in [2.24, 2.45) is 5.73 Å². The van der Waals surface area contributed by atoms with Crippen LogP contribution in [0.15, 0.2) is 12.4 Å². The van der Waals surface area contributed by atoms with Crippen molar-refractivity contribution in [1.82, 2.24) is 14.7 Å². The van der Waals surface area contributed by atoms with E-state index in [-0.39, 0.29) is 5.91 Å². The van der Waals surface area contributed by atoms with Crippen molar-refractivity contribution in [2.45, 2.75) is 32.2 Å². The minimum absolute atomic E-state index is 0.168. The zero-order valence-electron chi connectivity index (χ0n) is 10.3. The van der Waals surface area contributed by atoms with Crippen LogP contribution in [0.3, 0.4) is 0 Å². The molecule has 1 aliphatic rings. The van der Waals surface area contributed by atoms with Gasteiger partial charge in [-0.1, -0.05) is 0 Å². The van der Waals surface area contributed by atoms with Gasteiger partial charge in [0.15, 0.2) is 0 Å². The molecule has 0 spiro atoms. The molecular weight excluding hydrogens is 216 g/mol. The van der Waals surface area contributed by atoms with Crippen LogP contribution in [-0.2, 0) is 4.79 Å². The first kappa shape index (κ1) is 12.1. The van der Waals surface area contributed by atoms with Crippen molar-refractivity contribution in [3.63, 3.8) is 0 Å². The van der Waals surface area contributed by atoms with E-state index >= 15 is 0 Å². The molecule has 0 bridgehead atoms. The van der Waals surface area contributed by atoms with E-state index in [4.69, 9.17) is 5.73 Å². The molecule has 94 valence electrons. The smallest absolute Gasteiger partial charge is 0.223 e. The van der Waals surface area contributed by atoms with E-state index in [1.807, 2.05) is 28.9 Å². The molecular formula is C12H20N4O. The van der Waals surface area contributed by atoms with Crippen LogP contribution in [0.4, 0.5) is 0 Å². The van der Waals surface area contributed by atoms with E-state index in [0.29, 0.717) is 19.0 Å². The molecule has 1 aromatic heterocycles. The van der Waals surface area contributed by atoms with Gasteiger partial charge in [-0.05, 0) is 25.3 Å². The maximum atomic E-state index is 11.8. The SMILES string of the molecule is Cc1cnn(C2CCCN(C(=O)CCN)C2)c1. The van der Waals surface area contributed by atoms with Crippen molar-refractivity contribution in [1.29, 1.82) is 0 Å². The predicted octanol–water partition coefficient (Wildman–Crippen LogP) is 0.704. The van der Waals surface area contributed by atoms with Crippen molar-refractivity contribution >= 4 is 5.91 Å². The molecule has 1 atom stereocenters. The summed E-state index contributed by atoms with van der Waals surface area (Å²) in [6, 6.07) is 0.319. The third kappa shape index (κ3) is 2.85.